The van der Waals surface area contributed by atoms with Crippen LogP contribution in [0.2, 0.25) is 0 Å². The molecule has 0 N–H and O–H groups in total. The van der Waals surface area contributed by atoms with E-state index in [1.54, 1.807) is 0 Å². The van der Waals surface area contributed by atoms with Crippen LogP contribution in [0.1, 0.15) is 29.1 Å². The molecule has 0 saturated carbocycles. The highest BCUT2D eigenvalue weighted by molar-refractivity contribution is 7.13. The minimum atomic E-state index is -0.269. The molecule has 100 valence electrons. The lowest BCUT2D eigenvalue weighted by Gasteiger charge is -2.22. The maximum absolute atomic E-state index is 11.9. The van der Waals surface area contributed by atoms with E-state index in [0.717, 1.165) is 5.56 Å². The number of ketones is 1. The lowest BCUT2D eigenvalue weighted by atomic mass is 10.2. The van der Waals surface area contributed by atoms with Crippen LogP contribution in [0.5, 0.6) is 0 Å². The van der Waals surface area contributed by atoms with Gasteiger partial charge in [0.05, 0.1) is 10.6 Å². The topological polar surface area (TPSA) is 46.6 Å². The van der Waals surface area contributed by atoms with Crippen LogP contribution >= 0.6 is 22.9 Å². The van der Waals surface area contributed by atoms with Crippen LogP contribution in [0.25, 0.3) is 0 Å². The van der Waals surface area contributed by atoms with Crippen molar-refractivity contribution >= 4 is 40.3 Å². The molecule has 0 radical (unpaired) electrons. The van der Waals surface area contributed by atoms with Crippen LogP contribution in [0.15, 0.2) is 5.38 Å². The van der Waals surface area contributed by atoms with E-state index >= 15 is 0 Å². The summed E-state index contributed by atoms with van der Waals surface area (Å²) in [6.07, 6.45) is 0. The van der Waals surface area contributed by atoms with Crippen LogP contribution in [0.3, 0.4) is 0 Å². The Balaban J connectivity index is 3.15. The largest absolute Gasteiger partial charge is 0.361 e. The predicted molar refractivity (Wildman–Crippen MR) is 73.8 cm³/mol. The summed E-state index contributed by atoms with van der Waals surface area (Å²) >= 11 is 6.93. The fourth-order valence-electron chi connectivity index (χ4n) is 1.54. The SMILES string of the molecule is CCOCN(C(=O)CCl)c1c(C)csc1C(C)=O. The summed E-state index contributed by atoms with van der Waals surface area (Å²) in [6.45, 7) is 5.79. The second-order valence-electron chi connectivity index (χ2n) is 3.73. The summed E-state index contributed by atoms with van der Waals surface area (Å²) in [6, 6.07) is 0. The molecule has 1 amide bonds. The maximum Gasteiger partial charge on any atom is 0.243 e. The molecule has 6 heteroatoms. The molecule has 0 bridgehead atoms. The van der Waals surface area contributed by atoms with Crippen molar-refractivity contribution in [3.63, 3.8) is 0 Å². The smallest absolute Gasteiger partial charge is 0.243 e. The van der Waals surface area contributed by atoms with Crippen LogP contribution in [0.4, 0.5) is 5.69 Å². The Labute approximate surface area is 115 Å². The van der Waals surface area contributed by atoms with E-state index in [9.17, 15) is 9.59 Å². The molecular formula is C12H16ClNO3S. The van der Waals surface area contributed by atoms with E-state index in [0.29, 0.717) is 17.2 Å². The number of ether oxygens (including phenoxy) is 1. The zero-order valence-electron chi connectivity index (χ0n) is 10.7. The Morgan fingerprint density at radius 1 is 1.50 bits per heavy atom. The van der Waals surface area contributed by atoms with Gasteiger partial charge in [-0.1, -0.05) is 0 Å². The molecule has 0 saturated heterocycles. The van der Waals surface area contributed by atoms with E-state index in [-0.39, 0.29) is 24.3 Å². The van der Waals surface area contributed by atoms with E-state index in [1.165, 1.54) is 23.2 Å². The van der Waals surface area contributed by atoms with Gasteiger partial charge in [-0.3, -0.25) is 14.5 Å². The van der Waals surface area contributed by atoms with Gasteiger partial charge in [0, 0.05) is 13.5 Å². The summed E-state index contributed by atoms with van der Waals surface area (Å²) < 4.78 is 5.27. The number of halogens is 1. The number of carbonyl (C=O) groups excluding carboxylic acids is 2. The predicted octanol–water partition coefficient (Wildman–Crippen LogP) is 2.82. The van der Waals surface area contributed by atoms with Crippen molar-refractivity contribution in [2.75, 3.05) is 24.1 Å². The fourth-order valence-corrected chi connectivity index (χ4v) is 2.64. The highest BCUT2D eigenvalue weighted by atomic mass is 35.5. The van der Waals surface area contributed by atoms with Crippen molar-refractivity contribution in [2.24, 2.45) is 0 Å². The van der Waals surface area contributed by atoms with Crippen molar-refractivity contribution < 1.29 is 14.3 Å². The highest BCUT2D eigenvalue weighted by Crippen LogP contribution is 2.31. The molecule has 0 aliphatic heterocycles. The van der Waals surface area contributed by atoms with Gasteiger partial charge in [0.25, 0.3) is 0 Å². The van der Waals surface area contributed by atoms with Crippen molar-refractivity contribution in [2.45, 2.75) is 20.8 Å². The molecule has 1 aromatic rings. The van der Waals surface area contributed by atoms with Gasteiger partial charge in [0.1, 0.15) is 12.6 Å². The maximum atomic E-state index is 11.9. The number of alkyl halides is 1. The molecule has 1 aromatic heterocycles. The number of anilines is 1. The Bertz CT molecular complexity index is 445. The Morgan fingerprint density at radius 3 is 2.67 bits per heavy atom. The minimum Gasteiger partial charge on any atom is -0.361 e. The van der Waals surface area contributed by atoms with Crippen molar-refractivity contribution in [1.82, 2.24) is 0 Å². The quantitative estimate of drug-likeness (QED) is 0.460. The molecule has 0 fully saturated rings. The molecule has 0 aromatic carbocycles. The van der Waals surface area contributed by atoms with Gasteiger partial charge >= 0.3 is 0 Å². The second kappa shape index (κ2) is 6.87. The number of hydrogen-bond donors (Lipinski definition) is 0. The second-order valence-corrected chi connectivity index (χ2v) is 4.88. The lowest BCUT2D eigenvalue weighted by Crippen LogP contribution is -2.35. The molecule has 0 aliphatic carbocycles. The van der Waals surface area contributed by atoms with Gasteiger partial charge in [-0.2, -0.15) is 0 Å². The average molecular weight is 290 g/mol. The normalized spacial score (nSPS) is 10.4. The number of hydrogen-bond acceptors (Lipinski definition) is 4. The summed E-state index contributed by atoms with van der Waals surface area (Å²) in [7, 11) is 0. The Hall–Kier alpha value is -0.910. The number of aryl methyl sites for hydroxylation is 1. The van der Waals surface area contributed by atoms with Gasteiger partial charge < -0.3 is 4.74 Å². The van der Waals surface area contributed by atoms with E-state index in [1.807, 2.05) is 19.2 Å². The Kier molecular flexibility index (Phi) is 5.78. The third-order valence-corrected chi connectivity index (χ3v) is 3.79. The van der Waals surface area contributed by atoms with Gasteiger partial charge in [-0.05, 0) is 24.8 Å². The zero-order valence-corrected chi connectivity index (χ0v) is 12.2. The summed E-state index contributed by atoms with van der Waals surface area (Å²) in [5.41, 5.74) is 1.50. The van der Waals surface area contributed by atoms with E-state index < -0.39 is 0 Å². The summed E-state index contributed by atoms with van der Waals surface area (Å²) in [5, 5.41) is 1.85. The standard InChI is InChI=1S/C12H16ClNO3S/c1-4-17-7-14(10(16)5-13)11-8(2)6-18-12(11)9(3)15/h6H,4-5,7H2,1-3H3. The van der Waals surface area contributed by atoms with E-state index in [2.05, 4.69) is 0 Å². The first-order chi connectivity index (χ1) is 8.52. The molecule has 18 heavy (non-hydrogen) atoms. The number of rotatable bonds is 6. The molecule has 0 unspecified atom stereocenters. The molecule has 0 atom stereocenters. The zero-order chi connectivity index (χ0) is 13.7. The van der Waals surface area contributed by atoms with Crippen molar-refractivity contribution in [3.05, 3.63) is 15.8 Å². The van der Waals surface area contributed by atoms with Crippen molar-refractivity contribution in [3.8, 4) is 0 Å². The first-order valence-corrected chi connectivity index (χ1v) is 6.97. The number of carbonyl (C=O) groups is 2. The minimum absolute atomic E-state index is 0.0630. The fraction of sp³-hybridized carbons (Fsp3) is 0.500. The number of amides is 1. The summed E-state index contributed by atoms with van der Waals surface area (Å²) in [4.78, 5) is 25.4. The highest BCUT2D eigenvalue weighted by Gasteiger charge is 2.23. The van der Waals surface area contributed by atoms with Crippen molar-refractivity contribution in [1.29, 1.82) is 0 Å². The lowest BCUT2D eigenvalue weighted by molar-refractivity contribution is -0.117. The molecule has 0 aliphatic rings. The van der Waals surface area contributed by atoms with Gasteiger partial charge in [0.15, 0.2) is 5.78 Å². The van der Waals surface area contributed by atoms with E-state index in [4.69, 9.17) is 16.3 Å². The molecule has 1 heterocycles. The molecular weight excluding hydrogens is 274 g/mol. The molecule has 4 nitrogen and oxygen atoms in total. The van der Waals surface area contributed by atoms with Crippen LogP contribution in [0, 0.1) is 6.92 Å². The van der Waals surface area contributed by atoms with Gasteiger partial charge in [-0.15, -0.1) is 22.9 Å². The third-order valence-electron chi connectivity index (χ3n) is 2.37. The van der Waals surface area contributed by atoms with Crippen LogP contribution in [-0.2, 0) is 9.53 Å². The Morgan fingerprint density at radius 2 is 2.17 bits per heavy atom. The summed E-state index contributed by atoms with van der Waals surface area (Å²) in [5.74, 6) is -0.472. The number of nitrogens with zero attached hydrogens (tertiary/aromatic N) is 1. The first kappa shape index (κ1) is 15.1. The number of thiophene rings is 1. The van der Waals surface area contributed by atoms with Crippen LogP contribution in [-0.4, -0.2) is 30.9 Å². The number of Topliss-reactive ketones (excluding diaryl/α,β-unsaturated/α-hetero) is 1. The van der Waals surface area contributed by atoms with Gasteiger partial charge in [-0.25, -0.2) is 0 Å². The molecule has 0 spiro atoms. The molecule has 1 rings (SSSR count). The van der Waals surface area contributed by atoms with Gasteiger partial charge in [0.2, 0.25) is 5.91 Å². The first-order valence-electron chi connectivity index (χ1n) is 5.56. The van der Waals surface area contributed by atoms with Crippen LogP contribution < -0.4 is 4.90 Å². The monoisotopic (exact) mass is 289 g/mol. The third kappa shape index (κ3) is 3.31. The average Bonchev–Trinajstić information content (AvgIpc) is 2.72.